The van der Waals surface area contributed by atoms with Crippen molar-refractivity contribution in [2.24, 2.45) is 5.73 Å². The minimum Gasteiger partial charge on any atom is -0.494 e. The van der Waals surface area contributed by atoms with Gasteiger partial charge in [-0.1, -0.05) is 12.1 Å². The lowest BCUT2D eigenvalue weighted by molar-refractivity contribution is 0.340. The van der Waals surface area contributed by atoms with Crippen molar-refractivity contribution >= 4 is 12.4 Å². The standard InChI is InChI=1S/C10H15NO.ClH/c1-3-12-10-6-4-9(5-7-10)8(2)11;/h4-8H,3,11H2,1-2H3;1H. The number of rotatable bonds is 3. The van der Waals surface area contributed by atoms with Crippen LogP contribution in [0.5, 0.6) is 5.75 Å². The molecule has 74 valence electrons. The van der Waals surface area contributed by atoms with E-state index in [2.05, 4.69) is 0 Å². The van der Waals surface area contributed by atoms with E-state index in [0.29, 0.717) is 6.61 Å². The summed E-state index contributed by atoms with van der Waals surface area (Å²) >= 11 is 0. The van der Waals surface area contributed by atoms with E-state index >= 15 is 0 Å². The molecular weight excluding hydrogens is 186 g/mol. The maximum atomic E-state index is 5.70. The third-order valence-electron chi connectivity index (χ3n) is 1.72. The number of benzene rings is 1. The number of ether oxygens (including phenoxy) is 1. The molecule has 1 unspecified atom stereocenters. The zero-order valence-electron chi connectivity index (χ0n) is 7.99. The minimum atomic E-state index is 0. The molecule has 3 heteroatoms. The Morgan fingerprint density at radius 1 is 1.31 bits per heavy atom. The van der Waals surface area contributed by atoms with Crippen molar-refractivity contribution in [2.45, 2.75) is 19.9 Å². The molecule has 0 fully saturated rings. The Balaban J connectivity index is 0.00000144. The van der Waals surface area contributed by atoms with Crippen LogP contribution in [0.4, 0.5) is 0 Å². The Morgan fingerprint density at radius 3 is 2.23 bits per heavy atom. The van der Waals surface area contributed by atoms with Crippen LogP contribution in [0.1, 0.15) is 25.5 Å². The Kier molecular flexibility index (Phi) is 5.51. The van der Waals surface area contributed by atoms with Crippen molar-refractivity contribution < 1.29 is 4.74 Å². The van der Waals surface area contributed by atoms with E-state index in [9.17, 15) is 0 Å². The minimum absolute atomic E-state index is 0. The van der Waals surface area contributed by atoms with Gasteiger partial charge in [0, 0.05) is 6.04 Å². The van der Waals surface area contributed by atoms with Gasteiger partial charge in [0.15, 0.2) is 0 Å². The number of hydrogen-bond donors (Lipinski definition) is 1. The molecule has 0 aromatic heterocycles. The fourth-order valence-electron chi connectivity index (χ4n) is 1.03. The van der Waals surface area contributed by atoms with E-state index in [1.54, 1.807) is 0 Å². The van der Waals surface area contributed by atoms with Gasteiger partial charge in [0.05, 0.1) is 6.61 Å². The molecule has 0 saturated carbocycles. The van der Waals surface area contributed by atoms with E-state index in [4.69, 9.17) is 10.5 Å². The molecular formula is C10H16ClNO. The first-order valence-corrected chi connectivity index (χ1v) is 4.22. The molecule has 2 nitrogen and oxygen atoms in total. The summed E-state index contributed by atoms with van der Waals surface area (Å²) in [6.45, 7) is 4.65. The summed E-state index contributed by atoms with van der Waals surface area (Å²) in [5.41, 5.74) is 6.83. The monoisotopic (exact) mass is 201 g/mol. The first kappa shape index (κ1) is 12.3. The van der Waals surface area contributed by atoms with E-state index in [1.807, 2.05) is 38.1 Å². The predicted molar refractivity (Wildman–Crippen MR) is 57.5 cm³/mol. The number of hydrogen-bond acceptors (Lipinski definition) is 2. The smallest absolute Gasteiger partial charge is 0.119 e. The molecule has 1 atom stereocenters. The normalized spacial score (nSPS) is 11.6. The maximum Gasteiger partial charge on any atom is 0.119 e. The van der Waals surface area contributed by atoms with Crippen molar-refractivity contribution in [3.63, 3.8) is 0 Å². The highest BCUT2D eigenvalue weighted by Crippen LogP contribution is 2.15. The van der Waals surface area contributed by atoms with Crippen molar-refractivity contribution in [1.29, 1.82) is 0 Å². The summed E-state index contributed by atoms with van der Waals surface area (Å²) < 4.78 is 5.30. The third-order valence-corrected chi connectivity index (χ3v) is 1.72. The molecule has 2 N–H and O–H groups in total. The second kappa shape index (κ2) is 5.84. The van der Waals surface area contributed by atoms with Crippen LogP contribution in [-0.4, -0.2) is 6.61 Å². The van der Waals surface area contributed by atoms with E-state index in [1.165, 1.54) is 0 Å². The van der Waals surface area contributed by atoms with Crippen LogP contribution in [0, 0.1) is 0 Å². The average Bonchev–Trinajstić information content (AvgIpc) is 2.06. The average molecular weight is 202 g/mol. The van der Waals surface area contributed by atoms with Crippen molar-refractivity contribution in [3.05, 3.63) is 29.8 Å². The molecule has 0 amide bonds. The Hall–Kier alpha value is -0.730. The zero-order chi connectivity index (χ0) is 8.97. The molecule has 0 spiro atoms. The zero-order valence-corrected chi connectivity index (χ0v) is 8.80. The highest BCUT2D eigenvalue weighted by molar-refractivity contribution is 5.85. The lowest BCUT2D eigenvalue weighted by atomic mass is 10.1. The molecule has 13 heavy (non-hydrogen) atoms. The molecule has 0 aliphatic heterocycles. The van der Waals surface area contributed by atoms with Crippen LogP contribution >= 0.6 is 12.4 Å². The second-order valence-corrected chi connectivity index (χ2v) is 2.79. The second-order valence-electron chi connectivity index (χ2n) is 2.79. The highest BCUT2D eigenvalue weighted by Gasteiger charge is 1.98. The van der Waals surface area contributed by atoms with Crippen molar-refractivity contribution in [2.75, 3.05) is 6.61 Å². The number of nitrogens with two attached hydrogens (primary N) is 1. The maximum absolute atomic E-state index is 5.70. The fourth-order valence-corrected chi connectivity index (χ4v) is 1.03. The summed E-state index contributed by atoms with van der Waals surface area (Å²) in [4.78, 5) is 0. The molecule has 0 bridgehead atoms. The van der Waals surface area contributed by atoms with Crippen LogP contribution in [0.3, 0.4) is 0 Å². The summed E-state index contributed by atoms with van der Waals surface area (Å²) in [7, 11) is 0. The van der Waals surface area contributed by atoms with Gasteiger partial charge in [-0.25, -0.2) is 0 Å². The molecule has 1 rings (SSSR count). The van der Waals surface area contributed by atoms with Gasteiger partial charge in [0.2, 0.25) is 0 Å². The van der Waals surface area contributed by atoms with Crippen molar-refractivity contribution in [3.8, 4) is 5.75 Å². The third kappa shape index (κ3) is 3.66. The van der Waals surface area contributed by atoms with Crippen LogP contribution < -0.4 is 10.5 Å². The summed E-state index contributed by atoms with van der Waals surface area (Å²) in [6, 6.07) is 7.98. The lowest BCUT2D eigenvalue weighted by Crippen LogP contribution is -2.04. The van der Waals surface area contributed by atoms with Crippen LogP contribution in [0.2, 0.25) is 0 Å². The van der Waals surface area contributed by atoms with Gasteiger partial charge in [0.1, 0.15) is 5.75 Å². The SMILES string of the molecule is CCOc1ccc(C(C)N)cc1.Cl. The van der Waals surface area contributed by atoms with E-state index in [-0.39, 0.29) is 18.4 Å². The molecule has 0 aliphatic carbocycles. The summed E-state index contributed by atoms with van der Waals surface area (Å²) in [5.74, 6) is 0.905. The molecule has 0 aliphatic rings. The molecule has 0 radical (unpaired) electrons. The summed E-state index contributed by atoms with van der Waals surface area (Å²) in [6.07, 6.45) is 0. The fraction of sp³-hybridized carbons (Fsp3) is 0.400. The molecule has 0 saturated heterocycles. The first-order valence-electron chi connectivity index (χ1n) is 4.22. The first-order chi connectivity index (χ1) is 5.74. The summed E-state index contributed by atoms with van der Waals surface area (Å²) in [5, 5.41) is 0. The number of halogens is 1. The van der Waals surface area contributed by atoms with Crippen LogP contribution in [0.25, 0.3) is 0 Å². The molecule has 0 heterocycles. The Bertz CT molecular complexity index is 233. The topological polar surface area (TPSA) is 35.2 Å². The van der Waals surface area contributed by atoms with Gasteiger partial charge in [-0.05, 0) is 31.5 Å². The lowest BCUT2D eigenvalue weighted by Gasteiger charge is -2.06. The predicted octanol–water partition coefficient (Wildman–Crippen LogP) is 2.53. The van der Waals surface area contributed by atoms with Gasteiger partial charge in [-0.2, -0.15) is 0 Å². The van der Waals surface area contributed by atoms with Crippen LogP contribution in [-0.2, 0) is 0 Å². The van der Waals surface area contributed by atoms with Gasteiger partial charge >= 0.3 is 0 Å². The van der Waals surface area contributed by atoms with Gasteiger partial charge in [-0.3, -0.25) is 0 Å². The van der Waals surface area contributed by atoms with Gasteiger partial charge < -0.3 is 10.5 Å². The quantitative estimate of drug-likeness (QED) is 0.816. The largest absolute Gasteiger partial charge is 0.494 e. The van der Waals surface area contributed by atoms with Crippen LogP contribution in [0.15, 0.2) is 24.3 Å². The van der Waals surface area contributed by atoms with Crippen molar-refractivity contribution in [1.82, 2.24) is 0 Å². The molecule has 1 aromatic rings. The van der Waals surface area contributed by atoms with Gasteiger partial charge in [0.25, 0.3) is 0 Å². The van der Waals surface area contributed by atoms with E-state index < -0.39 is 0 Å². The molecule has 1 aromatic carbocycles. The Labute approximate surface area is 85.5 Å². The Morgan fingerprint density at radius 2 is 1.85 bits per heavy atom. The van der Waals surface area contributed by atoms with E-state index in [0.717, 1.165) is 11.3 Å². The highest BCUT2D eigenvalue weighted by atomic mass is 35.5. The van der Waals surface area contributed by atoms with Gasteiger partial charge in [-0.15, -0.1) is 12.4 Å².